The second-order valence-corrected chi connectivity index (χ2v) is 6.84. The number of carbonyl (C=O) groups is 1. The highest BCUT2D eigenvalue weighted by Crippen LogP contribution is 2.72. The van der Waals surface area contributed by atoms with Gasteiger partial charge in [-0.15, -0.1) is 0 Å². The average molecular weight is 282 g/mol. The van der Waals surface area contributed by atoms with Crippen LogP contribution in [0.1, 0.15) is 45.4 Å². The summed E-state index contributed by atoms with van der Waals surface area (Å²) in [4.78, 5) is 9.60. The number of aliphatic carboxylic acids is 1. The molecule has 0 radical (unpaired) electrons. The van der Waals surface area contributed by atoms with Crippen LogP contribution in [0.5, 0.6) is 0 Å². The molecule has 20 heavy (non-hydrogen) atoms. The third-order valence-electron chi connectivity index (χ3n) is 6.07. The van der Waals surface area contributed by atoms with E-state index in [1.165, 1.54) is 32.6 Å². The lowest BCUT2D eigenvalue weighted by atomic mass is 9.60. The highest BCUT2D eigenvalue weighted by atomic mass is 16.4. The van der Waals surface area contributed by atoms with Crippen LogP contribution in [0.4, 0.5) is 0 Å². The van der Waals surface area contributed by atoms with Crippen LogP contribution in [0.2, 0.25) is 0 Å². The van der Waals surface area contributed by atoms with Gasteiger partial charge < -0.3 is 15.3 Å². The van der Waals surface area contributed by atoms with Crippen molar-refractivity contribution in [3.63, 3.8) is 0 Å². The van der Waals surface area contributed by atoms with E-state index in [9.17, 15) is 15.0 Å². The molecule has 2 bridgehead atoms. The van der Waals surface area contributed by atoms with E-state index in [1.807, 2.05) is 0 Å². The maximum atomic E-state index is 9.73. The van der Waals surface area contributed by atoms with Gasteiger partial charge in [0, 0.05) is 29.6 Å². The van der Waals surface area contributed by atoms with E-state index in [0.29, 0.717) is 13.2 Å². The van der Waals surface area contributed by atoms with Crippen molar-refractivity contribution in [1.82, 2.24) is 0 Å². The molecule has 0 aliphatic heterocycles. The lowest BCUT2D eigenvalue weighted by Crippen LogP contribution is -2.45. The minimum Gasteiger partial charge on any atom is -0.478 e. The van der Waals surface area contributed by atoms with Crippen LogP contribution in [0.3, 0.4) is 0 Å². The summed E-state index contributed by atoms with van der Waals surface area (Å²) in [6.45, 7) is 5.22. The second-order valence-electron chi connectivity index (χ2n) is 6.84. The third-order valence-corrected chi connectivity index (χ3v) is 6.07. The zero-order valence-corrected chi connectivity index (χ0v) is 12.3. The van der Waals surface area contributed by atoms with Gasteiger partial charge >= 0.3 is 5.97 Å². The van der Waals surface area contributed by atoms with Crippen LogP contribution in [0, 0.1) is 22.7 Å². The molecule has 4 nitrogen and oxygen atoms in total. The van der Waals surface area contributed by atoms with Crippen molar-refractivity contribution in [1.29, 1.82) is 0 Å². The fourth-order valence-corrected chi connectivity index (χ4v) is 5.07. The molecule has 0 aromatic heterocycles. The molecule has 3 rings (SSSR count). The van der Waals surface area contributed by atoms with Crippen LogP contribution in [0.25, 0.3) is 0 Å². The van der Waals surface area contributed by atoms with Gasteiger partial charge in [0.05, 0.1) is 0 Å². The number of fused-ring (bicyclic) bond motifs is 5. The van der Waals surface area contributed by atoms with E-state index in [1.54, 1.807) is 0 Å². The van der Waals surface area contributed by atoms with E-state index < -0.39 is 5.97 Å². The van der Waals surface area contributed by atoms with Crippen molar-refractivity contribution in [2.24, 2.45) is 22.7 Å². The molecule has 3 N–H and O–H groups in total. The molecule has 4 unspecified atom stereocenters. The minimum atomic E-state index is -0.935. The molecule has 0 aromatic carbocycles. The van der Waals surface area contributed by atoms with Gasteiger partial charge in [-0.3, -0.25) is 0 Å². The number of hydrogen-bond donors (Lipinski definition) is 3. The summed E-state index contributed by atoms with van der Waals surface area (Å²) in [6, 6.07) is 0. The lowest BCUT2D eigenvalue weighted by molar-refractivity contribution is -0.132. The molecule has 4 heteroatoms. The fourth-order valence-electron chi connectivity index (χ4n) is 5.07. The fraction of sp³-hybridized carbons (Fsp3) is 0.812. The Balaban J connectivity index is 0.000000212. The first-order valence-corrected chi connectivity index (χ1v) is 7.53. The van der Waals surface area contributed by atoms with Crippen LogP contribution >= 0.6 is 0 Å². The number of aliphatic hydroxyl groups is 2. The summed E-state index contributed by atoms with van der Waals surface area (Å²) in [5, 5.41) is 27.3. The molecular weight excluding hydrogens is 256 g/mol. The van der Waals surface area contributed by atoms with Crippen molar-refractivity contribution in [2.75, 3.05) is 13.2 Å². The zero-order valence-electron chi connectivity index (χ0n) is 12.3. The molecule has 3 aliphatic carbocycles. The maximum Gasteiger partial charge on any atom is 0.330 e. The molecule has 0 heterocycles. The van der Waals surface area contributed by atoms with E-state index in [2.05, 4.69) is 6.58 Å². The van der Waals surface area contributed by atoms with Crippen LogP contribution in [-0.4, -0.2) is 34.5 Å². The van der Waals surface area contributed by atoms with Gasteiger partial charge in [0.15, 0.2) is 0 Å². The number of rotatable bonds is 3. The highest BCUT2D eigenvalue weighted by Gasteiger charge is 2.67. The summed E-state index contributed by atoms with van der Waals surface area (Å²) >= 11 is 0. The molecule has 3 aliphatic rings. The number of carboxylic acids is 1. The quantitative estimate of drug-likeness (QED) is 0.694. The smallest absolute Gasteiger partial charge is 0.330 e. The van der Waals surface area contributed by atoms with E-state index >= 15 is 0 Å². The maximum absolute atomic E-state index is 9.73. The molecule has 3 fully saturated rings. The van der Waals surface area contributed by atoms with Crippen LogP contribution in [0.15, 0.2) is 12.2 Å². The summed E-state index contributed by atoms with van der Waals surface area (Å²) < 4.78 is 0. The Morgan fingerprint density at radius 2 is 1.90 bits per heavy atom. The Kier molecular flexibility index (Phi) is 4.26. The summed E-state index contributed by atoms with van der Waals surface area (Å²) in [5.41, 5.74) is 0.396. The molecule has 0 saturated heterocycles. The normalized spacial score (nSPS) is 41.0. The van der Waals surface area contributed by atoms with Gasteiger partial charge in [-0.1, -0.05) is 13.0 Å². The van der Waals surface area contributed by atoms with Gasteiger partial charge in [-0.2, -0.15) is 0 Å². The predicted octanol–water partition coefficient (Wildman–Crippen LogP) is 2.20. The Bertz CT molecular complexity index is 393. The molecule has 4 atom stereocenters. The van der Waals surface area contributed by atoms with Gasteiger partial charge in [0.2, 0.25) is 0 Å². The SMILES string of the molecule is C=C(C)C(=O)O.OCC12CCC(C1)C1CCCC12CO. The number of aliphatic hydroxyl groups excluding tert-OH is 2. The predicted molar refractivity (Wildman–Crippen MR) is 76.2 cm³/mol. The molecular formula is C16H26O4. The van der Waals surface area contributed by atoms with Crippen molar-refractivity contribution in [2.45, 2.75) is 45.4 Å². The first-order chi connectivity index (χ1) is 9.42. The second kappa shape index (κ2) is 5.49. The average Bonchev–Trinajstić information content (AvgIpc) is 3.09. The van der Waals surface area contributed by atoms with Gasteiger partial charge in [-0.25, -0.2) is 4.79 Å². The van der Waals surface area contributed by atoms with E-state index in [-0.39, 0.29) is 16.4 Å². The molecule has 0 amide bonds. The molecule has 0 aromatic rings. The van der Waals surface area contributed by atoms with E-state index in [4.69, 9.17) is 5.11 Å². The number of hydrogen-bond acceptors (Lipinski definition) is 3. The van der Waals surface area contributed by atoms with Crippen molar-refractivity contribution >= 4 is 5.97 Å². The third kappa shape index (κ3) is 2.09. The van der Waals surface area contributed by atoms with Gasteiger partial charge in [-0.05, 0) is 50.9 Å². The zero-order chi connectivity index (χ0) is 15.0. The first kappa shape index (κ1) is 15.5. The van der Waals surface area contributed by atoms with Crippen molar-refractivity contribution < 1.29 is 20.1 Å². The largest absolute Gasteiger partial charge is 0.478 e. The Morgan fingerprint density at radius 1 is 1.25 bits per heavy atom. The summed E-state index contributed by atoms with van der Waals surface area (Å²) in [5.74, 6) is 0.611. The van der Waals surface area contributed by atoms with Gasteiger partial charge in [0.1, 0.15) is 0 Å². The monoisotopic (exact) mass is 282 g/mol. The van der Waals surface area contributed by atoms with E-state index in [0.717, 1.165) is 24.7 Å². The Morgan fingerprint density at radius 3 is 2.40 bits per heavy atom. The van der Waals surface area contributed by atoms with Crippen LogP contribution in [-0.2, 0) is 4.79 Å². The standard InChI is InChI=1S/C12H20O2.C4H6O2/c13-7-11-5-3-9(6-11)10-2-1-4-12(10,11)8-14;1-3(2)4(5)6/h9-10,13-14H,1-8H2;1H2,2H3,(H,5,6). The summed E-state index contributed by atoms with van der Waals surface area (Å²) in [6.07, 6.45) is 7.37. The van der Waals surface area contributed by atoms with Crippen molar-refractivity contribution in [3.8, 4) is 0 Å². The van der Waals surface area contributed by atoms with Crippen LogP contribution < -0.4 is 0 Å². The molecule has 3 saturated carbocycles. The summed E-state index contributed by atoms with van der Waals surface area (Å²) in [7, 11) is 0. The molecule has 114 valence electrons. The number of carboxylic acid groups (broad SMARTS) is 1. The topological polar surface area (TPSA) is 77.8 Å². The Hall–Kier alpha value is -0.870. The van der Waals surface area contributed by atoms with Gasteiger partial charge in [0.25, 0.3) is 0 Å². The lowest BCUT2D eigenvalue weighted by Gasteiger charge is -2.46. The van der Waals surface area contributed by atoms with Crippen molar-refractivity contribution in [3.05, 3.63) is 12.2 Å². The first-order valence-electron chi connectivity index (χ1n) is 7.53. The Labute approximate surface area is 120 Å². The highest BCUT2D eigenvalue weighted by molar-refractivity contribution is 5.84. The molecule has 0 spiro atoms. The minimum absolute atomic E-state index is 0.105.